The molecule has 0 bridgehead atoms. The third-order valence-electron chi connectivity index (χ3n) is 7.34. The van der Waals surface area contributed by atoms with Crippen molar-refractivity contribution in [1.29, 1.82) is 0 Å². The molecule has 0 radical (unpaired) electrons. The molecular weight excluding hydrogens is 460 g/mol. The summed E-state index contributed by atoms with van der Waals surface area (Å²) in [5, 5.41) is 0. The number of esters is 1. The topological polar surface area (TPSA) is 49.9 Å². The molecule has 2 aliphatic heterocycles. The number of methoxy groups -OCH3 is 1. The number of para-hydroxylation sites is 2. The molecule has 2 heterocycles. The number of amides is 1. The molecule has 0 saturated carbocycles. The molecule has 1 amide bonds. The Morgan fingerprint density at radius 3 is 2.08 bits per heavy atom. The average molecular weight is 487 g/mol. The Labute approximate surface area is 216 Å². The minimum absolute atomic E-state index is 0.138. The number of hydrogen-bond donors (Lipinski definition) is 0. The predicted octanol–water partition coefficient (Wildman–Crippen LogP) is 5.79. The van der Waals surface area contributed by atoms with E-state index in [4.69, 9.17) is 4.74 Å². The van der Waals surface area contributed by atoms with E-state index < -0.39 is 17.4 Å². The van der Waals surface area contributed by atoms with Gasteiger partial charge in [-0.15, -0.1) is 0 Å². The van der Waals surface area contributed by atoms with Gasteiger partial charge in [0, 0.05) is 17.6 Å². The normalized spacial score (nSPS) is 20.2. The van der Waals surface area contributed by atoms with Crippen LogP contribution >= 0.6 is 0 Å². The second-order valence-electron chi connectivity index (χ2n) is 9.29. The van der Waals surface area contributed by atoms with Crippen LogP contribution in [0.25, 0.3) is 0 Å². The minimum atomic E-state index is -1.28. The van der Waals surface area contributed by atoms with Crippen LogP contribution in [0, 0.1) is 0 Å². The Hall–Kier alpha value is -4.64. The summed E-state index contributed by atoms with van der Waals surface area (Å²) in [7, 11) is 1.37. The smallest absolute Gasteiger partial charge is 0.336 e. The van der Waals surface area contributed by atoms with Crippen molar-refractivity contribution in [3.63, 3.8) is 0 Å². The fourth-order valence-electron chi connectivity index (χ4n) is 5.79. The van der Waals surface area contributed by atoms with Crippen LogP contribution in [0.5, 0.6) is 0 Å². The summed E-state index contributed by atoms with van der Waals surface area (Å²) in [6.45, 7) is 0.403. The Morgan fingerprint density at radius 1 is 0.811 bits per heavy atom. The van der Waals surface area contributed by atoms with E-state index >= 15 is 0 Å². The Kier molecular flexibility index (Phi) is 5.61. The second kappa shape index (κ2) is 9.10. The van der Waals surface area contributed by atoms with Crippen molar-refractivity contribution in [2.45, 2.75) is 18.0 Å². The average Bonchev–Trinajstić information content (AvgIpc) is 3.44. The lowest BCUT2D eigenvalue weighted by Gasteiger charge is -2.37. The molecule has 0 aromatic heterocycles. The lowest BCUT2D eigenvalue weighted by molar-refractivity contribution is -0.138. The van der Waals surface area contributed by atoms with Gasteiger partial charge in [0.1, 0.15) is 5.41 Å². The number of fused-ring (bicyclic) bond motifs is 2. The summed E-state index contributed by atoms with van der Waals surface area (Å²) >= 11 is 0. The van der Waals surface area contributed by atoms with Gasteiger partial charge in [-0.05, 0) is 34.9 Å². The molecule has 2 atom stereocenters. The molecule has 0 N–H and O–H groups in total. The fraction of sp³-hybridized carbons (Fsp3) is 0.125. The largest absolute Gasteiger partial charge is 0.466 e. The highest BCUT2D eigenvalue weighted by Gasteiger charge is 2.64. The van der Waals surface area contributed by atoms with Crippen LogP contribution in [0.2, 0.25) is 0 Å². The zero-order chi connectivity index (χ0) is 25.4. The number of nitrogens with zero attached hydrogens (tertiary/aromatic N) is 2. The predicted molar refractivity (Wildman–Crippen MR) is 144 cm³/mol. The van der Waals surface area contributed by atoms with Crippen LogP contribution in [0.15, 0.2) is 127 Å². The number of ether oxygens (including phenoxy) is 1. The summed E-state index contributed by atoms with van der Waals surface area (Å²) in [6.07, 6.45) is 1.81. The third kappa shape index (κ3) is 3.46. The van der Waals surface area contributed by atoms with Gasteiger partial charge in [0.05, 0.1) is 25.3 Å². The van der Waals surface area contributed by atoms with Crippen molar-refractivity contribution in [3.8, 4) is 0 Å². The standard InChI is InChI=1S/C32H26N2O3/c1-37-30(35)27-22-33(25-17-9-4-10-18-25)29(24-15-7-3-8-16-24)32(27)26-19-11-12-20-28(26)34(31(32)36)21-23-13-5-2-6-14-23/h2-20,22,29H,21H2,1H3/t29-,32+/m1/s1. The Bertz CT molecular complexity index is 1480. The molecule has 37 heavy (non-hydrogen) atoms. The van der Waals surface area contributed by atoms with Gasteiger partial charge in [-0.3, -0.25) is 4.79 Å². The van der Waals surface area contributed by atoms with E-state index in [1.54, 1.807) is 6.20 Å². The van der Waals surface area contributed by atoms with E-state index in [9.17, 15) is 9.59 Å². The first-order chi connectivity index (χ1) is 18.2. The second-order valence-corrected chi connectivity index (χ2v) is 9.29. The Balaban J connectivity index is 1.62. The van der Waals surface area contributed by atoms with Gasteiger partial charge in [0.25, 0.3) is 0 Å². The van der Waals surface area contributed by atoms with Crippen LogP contribution in [0.4, 0.5) is 11.4 Å². The van der Waals surface area contributed by atoms with E-state index in [0.717, 1.165) is 28.1 Å². The molecule has 0 unspecified atom stereocenters. The van der Waals surface area contributed by atoms with Gasteiger partial charge in [-0.25, -0.2) is 4.79 Å². The molecule has 4 aromatic rings. The number of benzene rings is 4. The first kappa shape index (κ1) is 22.8. The zero-order valence-electron chi connectivity index (χ0n) is 20.5. The lowest BCUT2D eigenvalue weighted by Crippen LogP contribution is -2.48. The molecule has 0 aliphatic carbocycles. The molecule has 2 aliphatic rings. The molecule has 5 nitrogen and oxygen atoms in total. The summed E-state index contributed by atoms with van der Waals surface area (Å²) in [5.74, 6) is -0.648. The number of rotatable bonds is 5. The van der Waals surface area contributed by atoms with E-state index in [1.165, 1.54) is 7.11 Å². The van der Waals surface area contributed by atoms with Crippen molar-refractivity contribution < 1.29 is 14.3 Å². The van der Waals surface area contributed by atoms with Crippen LogP contribution in [0.3, 0.4) is 0 Å². The van der Waals surface area contributed by atoms with Gasteiger partial charge >= 0.3 is 5.97 Å². The highest BCUT2D eigenvalue weighted by Crippen LogP contribution is 2.59. The molecule has 6 rings (SSSR count). The third-order valence-corrected chi connectivity index (χ3v) is 7.34. The molecular formula is C32H26N2O3. The van der Waals surface area contributed by atoms with Crippen LogP contribution in [-0.4, -0.2) is 19.0 Å². The van der Waals surface area contributed by atoms with Gasteiger partial charge in [-0.1, -0.05) is 97.1 Å². The maximum absolute atomic E-state index is 14.8. The molecule has 1 spiro atoms. The summed E-state index contributed by atoms with van der Waals surface area (Å²) in [4.78, 5) is 32.1. The maximum Gasteiger partial charge on any atom is 0.336 e. The number of hydrogen-bond acceptors (Lipinski definition) is 4. The van der Waals surface area contributed by atoms with E-state index in [-0.39, 0.29) is 5.91 Å². The lowest BCUT2D eigenvalue weighted by atomic mass is 9.69. The van der Waals surface area contributed by atoms with Crippen molar-refractivity contribution >= 4 is 23.3 Å². The molecule has 0 saturated heterocycles. The SMILES string of the molecule is COC(=O)C1=CN(c2ccccc2)[C@H](c2ccccc2)[C@@]12C(=O)N(Cc1ccccc1)c1ccccc12. The highest BCUT2D eigenvalue weighted by atomic mass is 16.5. The van der Waals surface area contributed by atoms with Gasteiger partial charge < -0.3 is 14.5 Å². The van der Waals surface area contributed by atoms with Crippen molar-refractivity contribution in [3.05, 3.63) is 144 Å². The van der Waals surface area contributed by atoms with Crippen molar-refractivity contribution in [1.82, 2.24) is 0 Å². The highest BCUT2D eigenvalue weighted by molar-refractivity contribution is 6.17. The number of carbonyl (C=O) groups is 2. The first-order valence-corrected chi connectivity index (χ1v) is 12.3. The van der Waals surface area contributed by atoms with E-state index in [2.05, 4.69) is 0 Å². The molecule has 0 fully saturated rings. The zero-order valence-corrected chi connectivity index (χ0v) is 20.5. The van der Waals surface area contributed by atoms with Gasteiger partial charge in [0.2, 0.25) is 5.91 Å². The Morgan fingerprint density at radius 2 is 1.41 bits per heavy atom. The quantitative estimate of drug-likeness (QED) is 0.335. The van der Waals surface area contributed by atoms with Crippen molar-refractivity contribution in [2.24, 2.45) is 0 Å². The summed E-state index contributed by atoms with van der Waals surface area (Å²) in [6, 6.07) is 37.0. The van der Waals surface area contributed by atoms with E-state index in [1.807, 2.05) is 125 Å². The molecule has 182 valence electrons. The number of carbonyl (C=O) groups excluding carboxylic acids is 2. The fourth-order valence-corrected chi connectivity index (χ4v) is 5.79. The van der Waals surface area contributed by atoms with Crippen LogP contribution in [-0.2, 0) is 26.3 Å². The summed E-state index contributed by atoms with van der Waals surface area (Å²) < 4.78 is 5.30. The monoisotopic (exact) mass is 486 g/mol. The van der Waals surface area contributed by atoms with Gasteiger partial charge in [0.15, 0.2) is 0 Å². The summed E-state index contributed by atoms with van der Waals surface area (Å²) in [5.41, 5.74) is 3.51. The van der Waals surface area contributed by atoms with E-state index in [0.29, 0.717) is 12.1 Å². The van der Waals surface area contributed by atoms with Crippen LogP contribution in [0.1, 0.15) is 22.7 Å². The maximum atomic E-state index is 14.8. The van der Waals surface area contributed by atoms with Crippen LogP contribution < -0.4 is 9.80 Å². The van der Waals surface area contributed by atoms with Gasteiger partial charge in [-0.2, -0.15) is 0 Å². The molecule has 5 heteroatoms. The number of anilines is 2. The van der Waals surface area contributed by atoms with Crippen molar-refractivity contribution in [2.75, 3.05) is 16.9 Å². The minimum Gasteiger partial charge on any atom is -0.466 e. The first-order valence-electron chi connectivity index (χ1n) is 12.3. The molecule has 4 aromatic carbocycles.